The number of anilines is 1. The van der Waals surface area contributed by atoms with E-state index in [9.17, 15) is 10.1 Å². The molecule has 1 fully saturated rings. The van der Waals surface area contributed by atoms with Crippen LogP contribution in [0.2, 0.25) is 0 Å². The molecule has 30 heavy (non-hydrogen) atoms. The van der Waals surface area contributed by atoms with Gasteiger partial charge in [0.15, 0.2) is 0 Å². The minimum absolute atomic E-state index is 0.0318. The van der Waals surface area contributed by atoms with Crippen LogP contribution in [-0.2, 0) is 0 Å². The van der Waals surface area contributed by atoms with Gasteiger partial charge in [-0.15, -0.1) is 5.11 Å². The Bertz CT molecular complexity index is 916. The number of hydrogen-bond donors (Lipinski definition) is 2. The fraction of sp³-hybridized carbons (Fsp3) is 0.316. The molecule has 158 valence electrons. The predicted molar refractivity (Wildman–Crippen MR) is 117 cm³/mol. The SMILES string of the molecule is N/N=N\C(=Nc1ccccc1)Sc1cc(N2CCN(CCO)CC2)ccc1[N+](=O)[O-]. The van der Waals surface area contributed by atoms with Gasteiger partial charge in [0, 0.05) is 44.5 Å². The molecule has 0 radical (unpaired) electrons. The second kappa shape index (κ2) is 10.7. The van der Waals surface area contributed by atoms with Crippen LogP contribution < -0.4 is 10.7 Å². The Morgan fingerprint density at radius 2 is 1.90 bits per heavy atom. The summed E-state index contributed by atoms with van der Waals surface area (Å²) in [6.45, 7) is 3.98. The van der Waals surface area contributed by atoms with Crippen molar-refractivity contribution >= 4 is 34.0 Å². The first-order valence-corrected chi connectivity index (χ1v) is 10.2. The summed E-state index contributed by atoms with van der Waals surface area (Å²) in [6.07, 6.45) is 0. The molecule has 0 spiro atoms. The highest BCUT2D eigenvalue weighted by atomic mass is 32.2. The van der Waals surface area contributed by atoms with E-state index < -0.39 is 4.92 Å². The van der Waals surface area contributed by atoms with E-state index in [4.69, 9.17) is 10.9 Å². The number of β-amino-alcohol motifs (C(OH)–C–C–N with tert-alkyl or cyclic N) is 1. The molecule has 1 aliphatic heterocycles. The molecule has 0 aromatic heterocycles. The fourth-order valence-corrected chi connectivity index (χ4v) is 3.99. The summed E-state index contributed by atoms with van der Waals surface area (Å²) >= 11 is 1.05. The third-order valence-electron chi connectivity index (χ3n) is 4.62. The summed E-state index contributed by atoms with van der Waals surface area (Å²) in [6, 6.07) is 14.1. The van der Waals surface area contributed by atoms with Crippen molar-refractivity contribution in [1.82, 2.24) is 4.90 Å². The molecule has 11 heteroatoms. The van der Waals surface area contributed by atoms with Gasteiger partial charge in [-0.2, -0.15) is 0 Å². The number of aliphatic hydroxyl groups is 1. The Hall–Kier alpha value is -3.02. The smallest absolute Gasteiger partial charge is 0.283 e. The second-order valence-corrected chi connectivity index (χ2v) is 7.52. The standard InChI is InChI=1S/C19H23N7O3S/c20-23-22-19(21-15-4-2-1-3-5-15)30-18-14-16(6-7-17(18)26(28)29)25-10-8-24(9-11-25)12-13-27/h1-7,14,27H,8-13H2,(H2,20,21,22). The van der Waals surface area contributed by atoms with Gasteiger partial charge in [-0.3, -0.25) is 15.0 Å². The summed E-state index contributed by atoms with van der Waals surface area (Å²) in [7, 11) is 0. The summed E-state index contributed by atoms with van der Waals surface area (Å²) < 4.78 is 0. The number of nitro benzene ring substituents is 1. The van der Waals surface area contributed by atoms with Crippen LogP contribution in [0.4, 0.5) is 17.1 Å². The number of amidine groups is 1. The lowest BCUT2D eigenvalue weighted by atomic mass is 10.2. The van der Waals surface area contributed by atoms with E-state index in [0.717, 1.165) is 43.6 Å². The number of nitro groups is 1. The van der Waals surface area contributed by atoms with Crippen LogP contribution in [0.3, 0.4) is 0 Å². The summed E-state index contributed by atoms with van der Waals surface area (Å²) in [5, 5.41) is 28.0. The molecule has 3 rings (SSSR count). The van der Waals surface area contributed by atoms with Gasteiger partial charge >= 0.3 is 0 Å². The molecule has 1 saturated heterocycles. The fourth-order valence-electron chi connectivity index (χ4n) is 3.13. The monoisotopic (exact) mass is 429 g/mol. The number of rotatable bonds is 6. The van der Waals surface area contributed by atoms with Gasteiger partial charge in [0.1, 0.15) is 0 Å². The number of para-hydroxylation sites is 1. The van der Waals surface area contributed by atoms with E-state index in [1.54, 1.807) is 24.3 Å². The molecule has 0 unspecified atom stereocenters. The average Bonchev–Trinajstić information content (AvgIpc) is 2.75. The lowest BCUT2D eigenvalue weighted by Gasteiger charge is -2.35. The minimum Gasteiger partial charge on any atom is -0.395 e. The normalized spacial score (nSPS) is 15.6. The maximum absolute atomic E-state index is 11.6. The van der Waals surface area contributed by atoms with Gasteiger partial charge in [-0.1, -0.05) is 23.4 Å². The molecule has 3 N–H and O–H groups in total. The lowest BCUT2D eigenvalue weighted by molar-refractivity contribution is -0.387. The molecular formula is C19H23N7O3S. The summed E-state index contributed by atoms with van der Waals surface area (Å²) in [4.78, 5) is 20.3. The van der Waals surface area contributed by atoms with Crippen molar-refractivity contribution in [1.29, 1.82) is 0 Å². The van der Waals surface area contributed by atoms with Crippen molar-refractivity contribution < 1.29 is 10.0 Å². The second-order valence-electron chi connectivity index (χ2n) is 6.51. The number of hydrogen-bond acceptors (Lipinski definition) is 8. The topological polar surface area (TPSA) is 133 Å². The van der Waals surface area contributed by atoms with Crippen molar-refractivity contribution in [2.75, 3.05) is 44.2 Å². The van der Waals surface area contributed by atoms with E-state index in [-0.39, 0.29) is 17.5 Å². The number of thioether (sulfide) groups is 1. The van der Waals surface area contributed by atoms with Gasteiger partial charge in [0.2, 0.25) is 5.17 Å². The van der Waals surface area contributed by atoms with E-state index in [2.05, 4.69) is 25.1 Å². The third-order valence-corrected chi connectivity index (χ3v) is 5.52. The Labute approximate surface area is 178 Å². The molecule has 0 bridgehead atoms. The Balaban J connectivity index is 1.86. The first kappa shape index (κ1) is 21.7. The van der Waals surface area contributed by atoms with Gasteiger partial charge in [-0.05, 0) is 36.0 Å². The zero-order chi connectivity index (χ0) is 21.3. The molecule has 0 saturated carbocycles. The van der Waals surface area contributed by atoms with Crippen LogP contribution in [-0.4, -0.2) is 59.4 Å². The molecule has 1 aliphatic rings. The number of aliphatic imine (C=N–C) groups is 1. The van der Waals surface area contributed by atoms with Crippen LogP contribution in [0.15, 0.2) is 68.8 Å². The summed E-state index contributed by atoms with van der Waals surface area (Å²) in [5.74, 6) is 5.22. The van der Waals surface area contributed by atoms with Crippen molar-refractivity contribution in [3.8, 4) is 0 Å². The zero-order valence-electron chi connectivity index (χ0n) is 16.3. The van der Waals surface area contributed by atoms with Crippen LogP contribution in [0.1, 0.15) is 0 Å². The third kappa shape index (κ3) is 5.75. The van der Waals surface area contributed by atoms with E-state index >= 15 is 0 Å². The Morgan fingerprint density at radius 1 is 1.17 bits per heavy atom. The molecule has 0 amide bonds. The highest BCUT2D eigenvalue weighted by molar-refractivity contribution is 8.14. The largest absolute Gasteiger partial charge is 0.395 e. The number of aliphatic hydroxyl groups excluding tert-OH is 1. The molecule has 10 nitrogen and oxygen atoms in total. The van der Waals surface area contributed by atoms with E-state index in [1.165, 1.54) is 6.07 Å². The molecule has 2 aromatic rings. The van der Waals surface area contributed by atoms with Crippen molar-refractivity contribution in [2.24, 2.45) is 21.2 Å². The summed E-state index contributed by atoms with van der Waals surface area (Å²) in [5.41, 5.74) is 1.50. The van der Waals surface area contributed by atoms with Crippen LogP contribution in [0, 0.1) is 10.1 Å². The highest BCUT2D eigenvalue weighted by Crippen LogP contribution is 2.35. The minimum atomic E-state index is -0.426. The van der Waals surface area contributed by atoms with Crippen molar-refractivity contribution in [3.63, 3.8) is 0 Å². The quantitative estimate of drug-likeness (QED) is 0.137. The predicted octanol–water partition coefficient (Wildman–Crippen LogP) is 2.81. The van der Waals surface area contributed by atoms with Crippen molar-refractivity contribution in [2.45, 2.75) is 4.90 Å². The van der Waals surface area contributed by atoms with Crippen LogP contribution >= 0.6 is 11.8 Å². The number of nitrogens with zero attached hydrogens (tertiary/aromatic N) is 6. The molecule has 0 aliphatic carbocycles. The average molecular weight is 430 g/mol. The number of piperazine rings is 1. The van der Waals surface area contributed by atoms with Gasteiger partial charge in [0.05, 0.1) is 22.1 Å². The maximum atomic E-state index is 11.6. The van der Waals surface area contributed by atoms with Gasteiger partial charge in [-0.25, -0.2) is 4.99 Å². The molecule has 1 heterocycles. The Morgan fingerprint density at radius 3 is 2.53 bits per heavy atom. The van der Waals surface area contributed by atoms with Crippen LogP contribution in [0.5, 0.6) is 0 Å². The molecule has 0 atom stereocenters. The zero-order valence-corrected chi connectivity index (χ0v) is 17.1. The lowest BCUT2D eigenvalue weighted by Crippen LogP contribution is -2.47. The highest BCUT2D eigenvalue weighted by Gasteiger charge is 2.22. The molecule has 2 aromatic carbocycles. The van der Waals surface area contributed by atoms with Crippen molar-refractivity contribution in [3.05, 3.63) is 58.6 Å². The van der Waals surface area contributed by atoms with Gasteiger partial charge < -0.3 is 15.8 Å². The maximum Gasteiger partial charge on any atom is 0.283 e. The number of nitrogens with two attached hydrogens (primary N) is 1. The van der Waals surface area contributed by atoms with Crippen LogP contribution in [0.25, 0.3) is 0 Å². The first-order valence-electron chi connectivity index (χ1n) is 9.40. The van der Waals surface area contributed by atoms with Gasteiger partial charge in [0.25, 0.3) is 5.69 Å². The molecular weight excluding hydrogens is 406 g/mol. The van der Waals surface area contributed by atoms with E-state index in [0.29, 0.717) is 17.1 Å². The Kier molecular flexibility index (Phi) is 7.71. The number of benzene rings is 2. The van der Waals surface area contributed by atoms with E-state index in [1.807, 2.05) is 18.2 Å². The first-order chi connectivity index (χ1) is 14.6.